The molecule has 0 bridgehead atoms. The topological polar surface area (TPSA) is 107 Å². The van der Waals surface area contributed by atoms with E-state index in [1.807, 2.05) is 0 Å². The fourth-order valence-electron chi connectivity index (χ4n) is 1.61. The summed E-state index contributed by atoms with van der Waals surface area (Å²) < 4.78 is 0. The van der Waals surface area contributed by atoms with Gasteiger partial charge in [-0.15, -0.1) is 0 Å². The van der Waals surface area contributed by atoms with E-state index in [2.05, 4.69) is 0 Å². The van der Waals surface area contributed by atoms with Crippen molar-refractivity contribution in [1.29, 1.82) is 5.26 Å². The van der Waals surface area contributed by atoms with E-state index in [1.165, 1.54) is 12.1 Å². The molecule has 0 aliphatic heterocycles. The number of aliphatic hydroxyl groups excluding tert-OH is 2. The third-order valence-corrected chi connectivity index (χ3v) is 2.46. The molecule has 0 aliphatic carbocycles. The maximum atomic E-state index is 10.8. The summed E-state index contributed by atoms with van der Waals surface area (Å²) in [5, 5.41) is 38.6. The van der Waals surface area contributed by atoms with E-state index in [1.54, 1.807) is 19.1 Å². The zero-order valence-electron chi connectivity index (χ0n) is 9.20. The second-order valence-corrected chi connectivity index (χ2v) is 3.64. The summed E-state index contributed by atoms with van der Waals surface area (Å²) in [5.41, 5.74) is 0.304. The van der Waals surface area contributed by atoms with Crippen LogP contribution < -0.4 is 0 Å². The first kappa shape index (κ1) is 13.1. The van der Waals surface area contributed by atoms with Crippen LogP contribution in [0.4, 0.5) is 5.69 Å². The Hall–Kier alpha value is -1.97. The molecule has 0 amide bonds. The highest BCUT2D eigenvalue weighted by Crippen LogP contribution is 2.30. The molecule has 90 valence electrons. The number of nitro benzene ring substituents is 1. The van der Waals surface area contributed by atoms with E-state index in [9.17, 15) is 20.3 Å². The van der Waals surface area contributed by atoms with Crippen molar-refractivity contribution in [3.63, 3.8) is 0 Å². The predicted octanol–water partition coefficient (Wildman–Crippen LogP) is 1.21. The largest absolute Gasteiger partial charge is 0.389 e. The Kier molecular flexibility index (Phi) is 4.15. The van der Waals surface area contributed by atoms with Crippen molar-refractivity contribution in [3.05, 3.63) is 39.4 Å². The Morgan fingerprint density at radius 2 is 2.18 bits per heavy atom. The lowest BCUT2D eigenvalue weighted by molar-refractivity contribution is -0.386. The first-order valence-corrected chi connectivity index (χ1v) is 4.96. The van der Waals surface area contributed by atoms with Gasteiger partial charge in [0.25, 0.3) is 5.69 Å². The number of hydrogen-bond acceptors (Lipinski definition) is 5. The fourth-order valence-corrected chi connectivity index (χ4v) is 1.61. The summed E-state index contributed by atoms with van der Waals surface area (Å²) in [6.07, 6.45) is -3.05. The second-order valence-electron chi connectivity index (χ2n) is 3.64. The molecule has 1 aromatic carbocycles. The standard InChI is InChI=1S/C11H12N2O4/c1-7-3-2-4-8(13(16)17)10(7)11(15)9(14)5-6-12/h2-4,9,11,14-15H,5H2,1H3. The van der Waals surface area contributed by atoms with Crippen LogP contribution in [0.3, 0.4) is 0 Å². The lowest BCUT2D eigenvalue weighted by atomic mass is 9.96. The van der Waals surface area contributed by atoms with Crippen molar-refractivity contribution in [1.82, 2.24) is 0 Å². The highest BCUT2D eigenvalue weighted by atomic mass is 16.6. The monoisotopic (exact) mass is 236 g/mol. The average molecular weight is 236 g/mol. The van der Waals surface area contributed by atoms with E-state index >= 15 is 0 Å². The molecular weight excluding hydrogens is 224 g/mol. The molecule has 1 rings (SSSR count). The molecule has 6 nitrogen and oxygen atoms in total. The zero-order chi connectivity index (χ0) is 13.0. The van der Waals surface area contributed by atoms with E-state index in [-0.39, 0.29) is 17.7 Å². The van der Waals surface area contributed by atoms with Gasteiger partial charge < -0.3 is 10.2 Å². The van der Waals surface area contributed by atoms with Crippen LogP contribution in [0.2, 0.25) is 0 Å². The maximum absolute atomic E-state index is 10.8. The minimum Gasteiger partial charge on any atom is -0.389 e. The molecule has 0 fully saturated rings. The lowest BCUT2D eigenvalue weighted by Crippen LogP contribution is -2.19. The summed E-state index contributed by atoms with van der Waals surface area (Å²) >= 11 is 0. The molecule has 0 saturated heterocycles. The summed E-state index contributed by atoms with van der Waals surface area (Å²) in [5.74, 6) is 0. The van der Waals surface area contributed by atoms with Gasteiger partial charge in [-0.05, 0) is 12.5 Å². The Labute approximate surface area is 97.9 Å². The number of nitriles is 1. The summed E-state index contributed by atoms with van der Waals surface area (Å²) in [6, 6.07) is 6.06. The van der Waals surface area contributed by atoms with Gasteiger partial charge in [0, 0.05) is 6.07 Å². The fraction of sp³-hybridized carbons (Fsp3) is 0.364. The number of benzene rings is 1. The van der Waals surface area contributed by atoms with E-state index in [4.69, 9.17) is 5.26 Å². The van der Waals surface area contributed by atoms with Crippen LogP contribution in [0, 0.1) is 28.4 Å². The van der Waals surface area contributed by atoms with Crippen LogP contribution in [0.15, 0.2) is 18.2 Å². The Bertz CT molecular complexity index is 467. The number of aliphatic hydroxyl groups is 2. The molecule has 0 heterocycles. The molecule has 2 unspecified atom stereocenters. The number of nitro groups is 1. The number of rotatable bonds is 4. The average Bonchev–Trinajstić information content (AvgIpc) is 2.28. The van der Waals surface area contributed by atoms with Gasteiger partial charge in [-0.2, -0.15) is 5.26 Å². The van der Waals surface area contributed by atoms with E-state index in [0.29, 0.717) is 5.56 Å². The lowest BCUT2D eigenvalue weighted by Gasteiger charge is -2.17. The van der Waals surface area contributed by atoms with E-state index in [0.717, 1.165) is 0 Å². The third kappa shape index (κ3) is 2.78. The van der Waals surface area contributed by atoms with Crippen molar-refractivity contribution in [2.75, 3.05) is 0 Å². The predicted molar refractivity (Wildman–Crippen MR) is 59.0 cm³/mol. The first-order valence-electron chi connectivity index (χ1n) is 4.96. The van der Waals surface area contributed by atoms with Crippen molar-refractivity contribution >= 4 is 5.69 Å². The van der Waals surface area contributed by atoms with Crippen molar-refractivity contribution in [2.24, 2.45) is 0 Å². The molecule has 0 aromatic heterocycles. The summed E-state index contributed by atoms with van der Waals surface area (Å²) in [7, 11) is 0. The van der Waals surface area contributed by atoms with Crippen LogP contribution in [0.1, 0.15) is 23.7 Å². The van der Waals surface area contributed by atoms with Crippen LogP contribution >= 0.6 is 0 Å². The highest BCUT2D eigenvalue weighted by Gasteiger charge is 2.27. The molecular formula is C11H12N2O4. The van der Waals surface area contributed by atoms with Crippen LogP contribution in [-0.4, -0.2) is 21.2 Å². The molecule has 2 atom stereocenters. The molecule has 1 aromatic rings. The molecule has 17 heavy (non-hydrogen) atoms. The normalized spacial score (nSPS) is 13.8. The summed E-state index contributed by atoms with van der Waals surface area (Å²) in [6.45, 7) is 1.60. The van der Waals surface area contributed by atoms with Crippen LogP contribution in [0.5, 0.6) is 0 Å². The summed E-state index contributed by atoms with van der Waals surface area (Å²) in [4.78, 5) is 10.2. The highest BCUT2D eigenvalue weighted by molar-refractivity contribution is 5.46. The van der Waals surface area contributed by atoms with Crippen molar-refractivity contribution in [2.45, 2.75) is 25.6 Å². The minimum atomic E-state index is -1.43. The van der Waals surface area contributed by atoms with Crippen LogP contribution in [0.25, 0.3) is 0 Å². The van der Waals surface area contributed by atoms with Crippen molar-refractivity contribution in [3.8, 4) is 6.07 Å². The van der Waals surface area contributed by atoms with Gasteiger partial charge in [-0.3, -0.25) is 10.1 Å². The molecule has 6 heteroatoms. The van der Waals surface area contributed by atoms with Crippen LogP contribution in [-0.2, 0) is 0 Å². The molecule has 0 radical (unpaired) electrons. The van der Waals surface area contributed by atoms with E-state index < -0.39 is 17.1 Å². The van der Waals surface area contributed by atoms with Gasteiger partial charge in [0.1, 0.15) is 6.10 Å². The smallest absolute Gasteiger partial charge is 0.275 e. The SMILES string of the molecule is Cc1cccc([N+](=O)[O-])c1C(O)C(O)CC#N. The van der Waals surface area contributed by atoms with Crippen molar-refractivity contribution < 1.29 is 15.1 Å². The Morgan fingerprint density at radius 1 is 1.53 bits per heavy atom. The number of nitrogens with zero attached hydrogens (tertiary/aromatic N) is 2. The molecule has 2 N–H and O–H groups in total. The third-order valence-electron chi connectivity index (χ3n) is 2.46. The molecule has 0 spiro atoms. The van der Waals surface area contributed by atoms with Gasteiger partial charge in [0.15, 0.2) is 0 Å². The Morgan fingerprint density at radius 3 is 2.71 bits per heavy atom. The second kappa shape index (κ2) is 5.39. The van der Waals surface area contributed by atoms with Gasteiger partial charge in [0.05, 0.1) is 29.1 Å². The minimum absolute atomic E-state index is 0.0558. The van der Waals surface area contributed by atoms with Gasteiger partial charge in [-0.25, -0.2) is 0 Å². The zero-order valence-corrected chi connectivity index (χ0v) is 9.20. The maximum Gasteiger partial charge on any atom is 0.275 e. The van der Waals surface area contributed by atoms with Gasteiger partial charge in [-0.1, -0.05) is 12.1 Å². The van der Waals surface area contributed by atoms with Gasteiger partial charge >= 0.3 is 0 Å². The molecule has 0 saturated carbocycles. The number of hydrogen-bond donors (Lipinski definition) is 2. The Balaban J connectivity index is 3.20. The first-order chi connectivity index (χ1) is 7.99. The van der Waals surface area contributed by atoms with Gasteiger partial charge in [0.2, 0.25) is 0 Å². The molecule has 0 aliphatic rings. The number of aryl methyl sites for hydroxylation is 1. The quantitative estimate of drug-likeness (QED) is 0.603.